The molecular weight excluding hydrogens is 570 g/mol. The number of anilines is 1. The van der Waals surface area contributed by atoms with Crippen molar-refractivity contribution in [1.82, 2.24) is 4.31 Å². The van der Waals surface area contributed by atoms with Gasteiger partial charge in [-0.05, 0) is 47.7 Å². The summed E-state index contributed by atoms with van der Waals surface area (Å²) in [4.78, 5) is 1.74. The van der Waals surface area contributed by atoms with Crippen molar-refractivity contribution in [3.63, 3.8) is 0 Å². The van der Waals surface area contributed by atoms with Gasteiger partial charge in [0.1, 0.15) is 9.96 Å². The Hall–Kier alpha value is -2.81. The molecule has 1 aliphatic rings. The van der Waals surface area contributed by atoms with Gasteiger partial charge in [0.05, 0.1) is 7.11 Å². The number of nitrogens with zero attached hydrogens (tertiary/aromatic N) is 2. The number of hydrogen-bond acceptors (Lipinski definition) is 6. The molecule has 2 heterocycles. The molecule has 4 rings (SSSR count). The molecule has 0 amide bonds. The fourth-order valence-corrected chi connectivity index (χ4v) is 7.16. The Balaban J connectivity index is 1.68. The predicted octanol–water partition coefficient (Wildman–Crippen LogP) is 5.19. The zero-order valence-electron chi connectivity index (χ0n) is 20.4. The van der Waals surface area contributed by atoms with Crippen LogP contribution in [0.1, 0.15) is 11.1 Å². The van der Waals surface area contributed by atoms with Crippen molar-refractivity contribution in [2.24, 2.45) is 0 Å². The Bertz CT molecular complexity index is 1360. The predicted molar refractivity (Wildman–Crippen MR) is 133 cm³/mol. The molecule has 0 aliphatic carbocycles. The lowest BCUT2D eigenvalue weighted by molar-refractivity contribution is -0.376. The summed E-state index contributed by atoms with van der Waals surface area (Å²) in [5.41, 5.74) is -5.33. The maximum Gasteiger partial charge on any atom is 0.430 e. The molecule has 1 aromatic heterocycles. The van der Waals surface area contributed by atoms with E-state index in [4.69, 9.17) is 4.74 Å². The van der Waals surface area contributed by atoms with E-state index in [1.54, 1.807) is 34.5 Å². The summed E-state index contributed by atoms with van der Waals surface area (Å²) < 4.78 is 113. The molecule has 1 N–H and O–H groups in total. The summed E-state index contributed by atoms with van der Waals surface area (Å²) in [7, 11) is -2.31. The number of thiophene rings is 1. The first-order valence-corrected chi connectivity index (χ1v) is 13.9. The molecule has 1 saturated heterocycles. The average Bonchev–Trinajstić information content (AvgIpc) is 3.43. The minimum absolute atomic E-state index is 0.0221. The van der Waals surface area contributed by atoms with E-state index < -0.39 is 39.6 Å². The number of halogens is 6. The fraction of sp³-hybridized carbons (Fsp3) is 0.360. The molecule has 0 unspecified atom stereocenters. The Morgan fingerprint density at radius 3 is 2.21 bits per heavy atom. The van der Waals surface area contributed by atoms with Crippen LogP contribution in [0.25, 0.3) is 0 Å². The highest BCUT2D eigenvalue weighted by molar-refractivity contribution is 7.91. The average molecular weight is 595 g/mol. The molecule has 0 radical (unpaired) electrons. The second-order valence-electron chi connectivity index (χ2n) is 8.95. The third kappa shape index (κ3) is 5.60. The summed E-state index contributed by atoms with van der Waals surface area (Å²) in [6.07, 6.45) is -11.7. The van der Waals surface area contributed by atoms with Crippen LogP contribution in [0.2, 0.25) is 0 Å². The number of piperazine rings is 1. The smallest absolute Gasteiger partial charge is 0.430 e. The molecule has 39 heavy (non-hydrogen) atoms. The zero-order valence-corrected chi connectivity index (χ0v) is 22.0. The number of alkyl halides is 6. The lowest BCUT2D eigenvalue weighted by Crippen LogP contribution is -2.55. The highest BCUT2D eigenvalue weighted by Gasteiger charge is 2.71. The van der Waals surface area contributed by atoms with Crippen molar-refractivity contribution in [3.05, 3.63) is 77.2 Å². The molecule has 1 aliphatic heterocycles. The third-order valence-corrected chi connectivity index (χ3v) is 9.82. The topological polar surface area (TPSA) is 70.1 Å². The van der Waals surface area contributed by atoms with Crippen molar-refractivity contribution in [2.75, 3.05) is 31.6 Å². The van der Waals surface area contributed by atoms with E-state index in [1.807, 2.05) is 6.07 Å². The van der Waals surface area contributed by atoms with Crippen LogP contribution in [0, 0.1) is 0 Å². The van der Waals surface area contributed by atoms with E-state index in [9.17, 15) is 39.9 Å². The highest BCUT2D eigenvalue weighted by Crippen LogP contribution is 2.50. The van der Waals surface area contributed by atoms with Gasteiger partial charge in [0.25, 0.3) is 15.6 Å². The maximum absolute atomic E-state index is 13.3. The van der Waals surface area contributed by atoms with Crippen LogP contribution < -0.4 is 9.64 Å². The van der Waals surface area contributed by atoms with Gasteiger partial charge in [-0.15, -0.1) is 11.3 Å². The lowest BCUT2D eigenvalue weighted by Gasteiger charge is -2.42. The van der Waals surface area contributed by atoms with Gasteiger partial charge in [-0.2, -0.15) is 30.6 Å². The Kier molecular flexibility index (Phi) is 7.96. The summed E-state index contributed by atoms with van der Waals surface area (Å²) in [6.45, 7) is 0.196. The summed E-state index contributed by atoms with van der Waals surface area (Å²) in [5.74, 6) is 0.570. The van der Waals surface area contributed by atoms with Crippen LogP contribution in [0.5, 0.6) is 5.75 Å². The number of rotatable bonds is 7. The van der Waals surface area contributed by atoms with Crippen LogP contribution in [-0.4, -0.2) is 63.0 Å². The fourth-order valence-electron chi connectivity index (χ4n) is 4.55. The van der Waals surface area contributed by atoms with Crippen LogP contribution in [0.15, 0.2) is 70.3 Å². The maximum atomic E-state index is 13.3. The highest BCUT2D eigenvalue weighted by atomic mass is 32.2. The van der Waals surface area contributed by atoms with Crippen molar-refractivity contribution >= 4 is 27.0 Å². The van der Waals surface area contributed by atoms with Gasteiger partial charge >= 0.3 is 12.4 Å². The number of methoxy groups -OCH3 is 1. The van der Waals surface area contributed by atoms with Crippen LogP contribution >= 0.6 is 11.3 Å². The molecule has 3 aromatic rings. The van der Waals surface area contributed by atoms with Crippen molar-refractivity contribution in [1.29, 1.82) is 0 Å². The quantitative estimate of drug-likeness (QED) is 0.382. The van der Waals surface area contributed by atoms with Crippen molar-refractivity contribution in [3.8, 4) is 5.75 Å². The SMILES string of the molecule is COc1cccc(C[C@H]2CN(S(=O)(=O)c3cccs3)CCN2c2ccc(C(O)(C(F)(F)F)C(F)(F)F)cc2)c1. The molecular formula is C25H24F6N2O4S2. The summed E-state index contributed by atoms with van der Waals surface area (Å²) in [6, 6.07) is 13.0. The minimum Gasteiger partial charge on any atom is -0.497 e. The Morgan fingerprint density at radius 1 is 0.974 bits per heavy atom. The summed E-state index contributed by atoms with van der Waals surface area (Å²) in [5, 5.41) is 11.4. The number of ether oxygens (including phenoxy) is 1. The Labute approximate surface area is 225 Å². The first kappa shape index (κ1) is 29.2. The molecule has 0 bridgehead atoms. The number of hydrogen-bond donors (Lipinski definition) is 1. The molecule has 14 heteroatoms. The van der Waals surface area contributed by atoms with Crippen LogP contribution in [-0.2, 0) is 22.0 Å². The Morgan fingerprint density at radius 2 is 1.64 bits per heavy atom. The monoisotopic (exact) mass is 594 g/mol. The molecule has 6 nitrogen and oxygen atoms in total. The summed E-state index contributed by atoms with van der Waals surface area (Å²) >= 11 is 1.07. The van der Waals surface area contributed by atoms with Crippen molar-refractivity contribution < 1.29 is 44.6 Å². The van der Waals surface area contributed by atoms with Gasteiger partial charge in [0.2, 0.25) is 0 Å². The lowest BCUT2D eigenvalue weighted by atomic mass is 9.92. The molecule has 0 spiro atoms. The van der Waals surface area contributed by atoms with Gasteiger partial charge in [0.15, 0.2) is 0 Å². The molecule has 1 atom stereocenters. The van der Waals surface area contributed by atoms with E-state index in [-0.39, 0.29) is 29.5 Å². The van der Waals surface area contributed by atoms with Crippen LogP contribution in [0.4, 0.5) is 32.0 Å². The van der Waals surface area contributed by atoms with Gasteiger partial charge in [-0.3, -0.25) is 0 Å². The van der Waals surface area contributed by atoms with E-state index in [0.717, 1.165) is 29.0 Å². The third-order valence-electron chi connectivity index (χ3n) is 6.58. The standard InChI is InChI=1S/C25H24F6N2O4S2/c1-37-21-5-2-4-17(15-21)14-20-16-32(39(35,36)22-6-3-13-38-22)11-12-33(20)19-9-7-18(8-10-19)23(34,24(26,27)28)25(29,30)31/h2-10,13,15,20,34H,11-12,14,16H2,1H3/t20-/m0/s1. The van der Waals surface area contributed by atoms with E-state index in [0.29, 0.717) is 24.3 Å². The minimum atomic E-state index is -6.00. The molecule has 212 valence electrons. The largest absolute Gasteiger partial charge is 0.497 e. The number of aliphatic hydroxyl groups is 1. The molecule has 0 saturated carbocycles. The van der Waals surface area contributed by atoms with Gasteiger partial charge in [-0.25, -0.2) is 8.42 Å². The normalized spacial score (nSPS) is 17.8. The second kappa shape index (κ2) is 10.6. The van der Waals surface area contributed by atoms with Gasteiger partial charge in [0, 0.05) is 36.9 Å². The second-order valence-corrected chi connectivity index (χ2v) is 12.1. The first-order valence-electron chi connectivity index (χ1n) is 11.6. The number of benzene rings is 2. The van der Waals surface area contributed by atoms with Gasteiger partial charge < -0.3 is 14.7 Å². The first-order chi connectivity index (χ1) is 18.2. The van der Waals surface area contributed by atoms with Gasteiger partial charge in [-0.1, -0.05) is 30.3 Å². The van der Waals surface area contributed by atoms with Crippen molar-refractivity contribution in [2.45, 2.75) is 34.6 Å². The van der Waals surface area contributed by atoms with E-state index in [1.165, 1.54) is 17.5 Å². The van der Waals surface area contributed by atoms with E-state index >= 15 is 0 Å². The molecule has 1 fully saturated rings. The zero-order chi connectivity index (χ0) is 28.6. The molecule has 2 aromatic carbocycles. The van der Waals surface area contributed by atoms with Crippen LogP contribution in [0.3, 0.4) is 0 Å². The van der Waals surface area contributed by atoms with E-state index in [2.05, 4.69) is 0 Å². The number of sulfonamides is 1.